The Balaban J connectivity index is 0.806. The topological polar surface area (TPSA) is 220 Å². The molecule has 3 aliphatic rings. The summed E-state index contributed by atoms with van der Waals surface area (Å²) < 4.78 is 28.9. The molecule has 372 valence electrons. The summed E-state index contributed by atoms with van der Waals surface area (Å²) in [6, 6.07) is 16.0. The Labute approximate surface area is 422 Å². The monoisotopic (exact) mass is 990 g/mol. The average Bonchev–Trinajstić information content (AvgIpc) is 4.12. The standard InChI is InChI=1S/C53H50N16O5/c1-30(2)66-28-58-63-51(66)42-13-36(14-49(61-42)69-27-57-41-17-47(74-23-33-21-72-22-33)46(16-38(41)53(69)71)65-19-44(55-25-65)35-10-11-35)73-20-32(4)67-29-59-62-50(67)39-6-5-7-48(60-39)68-26-56-40-12-31(3)45(15-37(40)52(68)70)64-18-43(54-24-64)34-8-9-34/h5-7,12-19,24-30,32-35H,8-11,20-23H2,1-4H3. The third kappa shape index (κ3) is 8.37. The highest BCUT2D eigenvalue weighted by Crippen LogP contribution is 2.41. The quantitative estimate of drug-likeness (QED) is 0.0945. The Hall–Kier alpha value is -8.72. The summed E-state index contributed by atoms with van der Waals surface area (Å²) in [6.07, 6.45) is 18.4. The zero-order chi connectivity index (χ0) is 50.2. The van der Waals surface area contributed by atoms with Gasteiger partial charge in [-0.1, -0.05) is 6.07 Å². The number of aromatic nitrogens is 16. The summed E-state index contributed by atoms with van der Waals surface area (Å²) in [6.45, 7) is 9.95. The van der Waals surface area contributed by atoms with E-state index in [1.54, 1.807) is 37.2 Å². The minimum absolute atomic E-state index is 0.00989. The number of aryl methyl sites for hydroxylation is 1. The Morgan fingerprint density at radius 1 is 0.649 bits per heavy atom. The first-order chi connectivity index (χ1) is 36.1. The van der Waals surface area contributed by atoms with Crippen LogP contribution >= 0.6 is 0 Å². The van der Waals surface area contributed by atoms with Crippen molar-refractivity contribution in [1.82, 2.24) is 77.7 Å². The summed E-state index contributed by atoms with van der Waals surface area (Å²) in [5.41, 5.74) is 6.03. The molecular formula is C53H50N16O5. The van der Waals surface area contributed by atoms with Gasteiger partial charge in [0.05, 0.1) is 83.1 Å². The van der Waals surface area contributed by atoms with Crippen molar-refractivity contribution in [1.29, 1.82) is 0 Å². The summed E-state index contributed by atoms with van der Waals surface area (Å²) in [5.74, 6) is 3.88. The van der Waals surface area contributed by atoms with Crippen LogP contribution in [0.3, 0.4) is 0 Å². The highest BCUT2D eigenvalue weighted by Gasteiger charge is 2.28. The van der Waals surface area contributed by atoms with E-state index >= 15 is 0 Å². The van der Waals surface area contributed by atoms with Crippen LogP contribution in [0, 0.1) is 12.8 Å². The summed E-state index contributed by atoms with van der Waals surface area (Å²) in [5, 5.41) is 18.2. The van der Waals surface area contributed by atoms with E-state index in [4.69, 9.17) is 29.2 Å². The number of rotatable bonds is 16. The lowest BCUT2D eigenvalue weighted by atomic mass is 10.1. The molecule has 0 spiro atoms. The molecule has 1 unspecified atom stereocenters. The van der Waals surface area contributed by atoms with Gasteiger partial charge in [-0.25, -0.2) is 29.9 Å². The van der Waals surface area contributed by atoms with E-state index in [0.717, 1.165) is 48.3 Å². The molecule has 21 nitrogen and oxygen atoms in total. The SMILES string of the molecule is Cc1cc2ncn(-c3cccc(-c4nncn4C(C)COc4cc(-c5nncn5C(C)C)nc(-n5cnc6cc(OCC7COC7)c(-n7cnc(C8CC8)c7)cc6c5=O)c4)n3)c(=O)c2cc1-n1cnc(C2CC2)c1. The minimum atomic E-state index is -0.339. The average molecular weight is 991 g/mol. The molecule has 13 rings (SSSR count). The van der Waals surface area contributed by atoms with Gasteiger partial charge in [0.1, 0.15) is 66.4 Å². The van der Waals surface area contributed by atoms with Gasteiger partial charge in [-0.05, 0) is 89.3 Å². The lowest BCUT2D eigenvalue weighted by Gasteiger charge is -2.26. The van der Waals surface area contributed by atoms with Gasteiger partial charge in [0.2, 0.25) is 0 Å². The van der Waals surface area contributed by atoms with Crippen LogP contribution in [0.4, 0.5) is 0 Å². The van der Waals surface area contributed by atoms with Crippen LogP contribution in [-0.2, 0) is 4.74 Å². The third-order valence-electron chi connectivity index (χ3n) is 14.0. The van der Waals surface area contributed by atoms with Crippen LogP contribution < -0.4 is 20.6 Å². The molecule has 0 amide bonds. The van der Waals surface area contributed by atoms with Gasteiger partial charge in [0, 0.05) is 54.4 Å². The first-order valence-corrected chi connectivity index (χ1v) is 24.9. The summed E-state index contributed by atoms with van der Waals surface area (Å²) in [4.78, 5) is 57.5. The highest BCUT2D eigenvalue weighted by molar-refractivity contribution is 5.83. The number of hydrogen-bond donors (Lipinski definition) is 0. The number of imidazole rings is 2. The molecule has 1 saturated heterocycles. The number of pyridine rings is 2. The van der Waals surface area contributed by atoms with E-state index in [-0.39, 0.29) is 41.5 Å². The maximum Gasteiger partial charge on any atom is 0.267 e. The molecule has 9 heterocycles. The van der Waals surface area contributed by atoms with Crippen molar-refractivity contribution in [3.05, 3.63) is 143 Å². The largest absolute Gasteiger partial charge is 0.491 e. The fraction of sp³-hybridized carbons (Fsp3) is 0.321. The Kier molecular flexibility index (Phi) is 11.0. The molecule has 21 heteroatoms. The third-order valence-corrected chi connectivity index (χ3v) is 14.0. The Morgan fingerprint density at radius 3 is 1.93 bits per heavy atom. The maximum absolute atomic E-state index is 14.7. The fourth-order valence-electron chi connectivity index (χ4n) is 9.37. The number of ether oxygens (including phenoxy) is 3. The fourth-order valence-corrected chi connectivity index (χ4v) is 9.37. The van der Waals surface area contributed by atoms with Crippen molar-refractivity contribution in [2.75, 3.05) is 26.4 Å². The van der Waals surface area contributed by atoms with Gasteiger partial charge < -0.3 is 32.5 Å². The van der Waals surface area contributed by atoms with Crippen LogP contribution in [0.2, 0.25) is 0 Å². The van der Waals surface area contributed by atoms with E-state index in [0.29, 0.717) is 99.5 Å². The summed E-state index contributed by atoms with van der Waals surface area (Å²) in [7, 11) is 0. The van der Waals surface area contributed by atoms with Crippen molar-refractivity contribution in [3.63, 3.8) is 0 Å². The van der Waals surface area contributed by atoms with E-state index in [1.807, 2.05) is 94.9 Å². The molecule has 3 fully saturated rings. The molecule has 1 aliphatic heterocycles. The van der Waals surface area contributed by atoms with Gasteiger partial charge in [-0.3, -0.25) is 18.7 Å². The normalized spacial score (nSPS) is 15.3. The Bertz CT molecular complexity index is 3910. The highest BCUT2D eigenvalue weighted by atomic mass is 16.5. The van der Waals surface area contributed by atoms with Gasteiger partial charge in [0.25, 0.3) is 11.1 Å². The van der Waals surface area contributed by atoms with E-state index < -0.39 is 0 Å². The lowest BCUT2D eigenvalue weighted by Crippen LogP contribution is -2.32. The lowest BCUT2D eigenvalue weighted by molar-refractivity contribution is -0.0508. The van der Waals surface area contributed by atoms with Crippen molar-refractivity contribution in [2.45, 2.75) is 77.3 Å². The molecule has 0 N–H and O–H groups in total. The Morgan fingerprint density at radius 2 is 1.27 bits per heavy atom. The zero-order valence-corrected chi connectivity index (χ0v) is 41.1. The molecule has 2 aromatic carbocycles. The van der Waals surface area contributed by atoms with Gasteiger partial charge in [0.15, 0.2) is 11.6 Å². The van der Waals surface area contributed by atoms with Crippen LogP contribution in [0.15, 0.2) is 115 Å². The molecule has 8 aromatic heterocycles. The van der Waals surface area contributed by atoms with E-state index in [2.05, 4.69) is 41.5 Å². The number of benzene rings is 2. The molecule has 10 aromatic rings. The predicted octanol–water partition coefficient (Wildman–Crippen LogP) is 7.07. The van der Waals surface area contributed by atoms with Crippen molar-refractivity contribution in [2.24, 2.45) is 5.92 Å². The molecule has 2 aliphatic carbocycles. The molecule has 74 heavy (non-hydrogen) atoms. The van der Waals surface area contributed by atoms with Crippen molar-refractivity contribution in [3.8, 4) is 57.5 Å². The smallest absolute Gasteiger partial charge is 0.267 e. The van der Waals surface area contributed by atoms with E-state index in [9.17, 15) is 9.59 Å². The molecule has 1 atom stereocenters. The van der Waals surface area contributed by atoms with Gasteiger partial charge in [-0.2, -0.15) is 0 Å². The van der Waals surface area contributed by atoms with E-state index in [1.165, 1.54) is 21.8 Å². The van der Waals surface area contributed by atoms with Gasteiger partial charge in [-0.15, -0.1) is 20.4 Å². The first-order valence-electron chi connectivity index (χ1n) is 24.9. The van der Waals surface area contributed by atoms with Crippen molar-refractivity contribution < 1.29 is 14.2 Å². The molecule has 0 bridgehead atoms. The molecule has 2 saturated carbocycles. The van der Waals surface area contributed by atoms with Gasteiger partial charge >= 0.3 is 0 Å². The van der Waals surface area contributed by atoms with Crippen LogP contribution in [0.25, 0.3) is 67.9 Å². The predicted molar refractivity (Wildman–Crippen MR) is 272 cm³/mol. The number of nitrogens with zero attached hydrogens (tertiary/aromatic N) is 16. The minimum Gasteiger partial charge on any atom is -0.491 e. The van der Waals surface area contributed by atoms with Crippen LogP contribution in [0.5, 0.6) is 11.5 Å². The second kappa shape index (κ2) is 18.1. The molecule has 0 radical (unpaired) electrons. The maximum atomic E-state index is 14.7. The van der Waals surface area contributed by atoms with Crippen LogP contribution in [0.1, 0.15) is 87.3 Å². The van der Waals surface area contributed by atoms with Crippen molar-refractivity contribution >= 4 is 21.8 Å². The summed E-state index contributed by atoms with van der Waals surface area (Å²) >= 11 is 0. The number of fused-ring (bicyclic) bond motifs is 2. The van der Waals surface area contributed by atoms with Crippen LogP contribution in [-0.4, -0.2) is 104 Å². The second-order valence-electron chi connectivity index (χ2n) is 19.8. The first kappa shape index (κ1) is 45.2. The zero-order valence-electron chi connectivity index (χ0n) is 41.1. The molecular weight excluding hydrogens is 941 g/mol. The second-order valence-corrected chi connectivity index (χ2v) is 19.8. The number of hydrogen-bond acceptors (Lipinski definition) is 15.